The molecule has 0 saturated heterocycles. The first-order valence-electron chi connectivity index (χ1n) is 4.67. The van der Waals surface area contributed by atoms with Crippen LogP contribution in [0.1, 0.15) is 18.1 Å². The van der Waals surface area contributed by atoms with Gasteiger partial charge in [0.05, 0.1) is 6.10 Å². The molecule has 0 amide bonds. The van der Waals surface area contributed by atoms with Crippen LogP contribution in [0.2, 0.25) is 10.0 Å². The summed E-state index contributed by atoms with van der Waals surface area (Å²) >= 11 is 11.5. The summed E-state index contributed by atoms with van der Waals surface area (Å²) in [6, 6.07) is 2.28. The second-order valence-electron chi connectivity index (χ2n) is 3.53. The molecule has 0 unspecified atom stereocenters. The van der Waals surface area contributed by atoms with Gasteiger partial charge in [-0.25, -0.2) is 0 Å². The topological polar surface area (TPSA) is 46.2 Å². The third-order valence-electron chi connectivity index (χ3n) is 2.23. The molecule has 2 atom stereocenters. The van der Waals surface area contributed by atoms with Crippen molar-refractivity contribution in [2.75, 3.05) is 0 Å². The van der Waals surface area contributed by atoms with E-state index in [4.69, 9.17) is 28.9 Å². The summed E-state index contributed by atoms with van der Waals surface area (Å²) in [7, 11) is 0. The summed E-state index contributed by atoms with van der Waals surface area (Å²) in [6.07, 6.45) is -6.70. The standard InChI is InChI=1S/C10H10Cl2F3NO/c11-5-2-1-3-6(12)9(5)7(17)4-8(16)10(13,14)15/h1-3,7-8,17H,4,16H2/t7-,8+/m1/s1. The zero-order valence-corrected chi connectivity index (χ0v) is 10.0. The van der Waals surface area contributed by atoms with Crippen molar-refractivity contribution in [1.29, 1.82) is 0 Å². The second kappa shape index (κ2) is 5.44. The van der Waals surface area contributed by atoms with Crippen molar-refractivity contribution in [2.24, 2.45) is 5.73 Å². The molecule has 0 spiro atoms. The van der Waals surface area contributed by atoms with Crippen LogP contribution in [0.4, 0.5) is 13.2 Å². The average molecular weight is 288 g/mol. The Hall–Kier alpha value is -0.490. The highest BCUT2D eigenvalue weighted by molar-refractivity contribution is 6.36. The number of aliphatic hydroxyl groups is 1. The van der Waals surface area contributed by atoms with E-state index in [2.05, 4.69) is 0 Å². The van der Waals surface area contributed by atoms with E-state index in [1.165, 1.54) is 18.2 Å². The predicted octanol–water partition coefficient (Wildman–Crippen LogP) is 3.31. The molecule has 0 fully saturated rings. The molecular formula is C10H10Cl2F3NO. The van der Waals surface area contributed by atoms with Crippen LogP contribution in [0.3, 0.4) is 0 Å². The van der Waals surface area contributed by atoms with Crippen molar-refractivity contribution < 1.29 is 18.3 Å². The van der Waals surface area contributed by atoms with Gasteiger partial charge in [-0.2, -0.15) is 13.2 Å². The van der Waals surface area contributed by atoms with Crippen molar-refractivity contribution in [1.82, 2.24) is 0 Å². The number of nitrogens with two attached hydrogens (primary N) is 1. The van der Waals surface area contributed by atoms with Gasteiger partial charge in [0.15, 0.2) is 0 Å². The number of halogens is 5. The Morgan fingerprint density at radius 1 is 1.24 bits per heavy atom. The summed E-state index contributed by atoms with van der Waals surface area (Å²) in [4.78, 5) is 0. The lowest BCUT2D eigenvalue weighted by Crippen LogP contribution is -2.38. The van der Waals surface area contributed by atoms with Crippen LogP contribution in [-0.2, 0) is 0 Å². The second-order valence-corrected chi connectivity index (χ2v) is 4.35. The molecule has 0 aromatic heterocycles. The monoisotopic (exact) mass is 287 g/mol. The van der Waals surface area contributed by atoms with Gasteiger partial charge in [0, 0.05) is 22.0 Å². The molecule has 3 N–H and O–H groups in total. The number of benzene rings is 1. The van der Waals surface area contributed by atoms with Gasteiger partial charge in [-0.05, 0) is 12.1 Å². The molecule has 0 radical (unpaired) electrons. The largest absolute Gasteiger partial charge is 0.403 e. The summed E-state index contributed by atoms with van der Waals surface area (Å²) < 4.78 is 36.7. The highest BCUT2D eigenvalue weighted by Gasteiger charge is 2.38. The Morgan fingerprint density at radius 2 is 1.71 bits per heavy atom. The van der Waals surface area contributed by atoms with Crippen LogP contribution in [-0.4, -0.2) is 17.3 Å². The van der Waals surface area contributed by atoms with Crippen LogP contribution in [0.25, 0.3) is 0 Å². The van der Waals surface area contributed by atoms with Crippen LogP contribution in [0, 0.1) is 0 Å². The zero-order chi connectivity index (χ0) is 13.2. The van der Waals surface area contributed by atoms with E-state index in [1.807, 2.05) is 0 Å². The molecule has 96 valence electrons. The molecule has 1 rings (SSSR count). The highest BCUT2D eigenvalue weighted by atomic mass is 35.5. The maximum atomic E-state index is 12.2. The third-order valence-corrected chi connectivity index (χ3v) is 2.89. The predicted molar refractivity (Wildman–Crippen MR) is 60.1 cm³/mol. The third kappa shape index (κ3) is 3.74. The minimum Gasteiger partial charge on any atom is -0.388 e. The van der Waals surface area contributed by atoms with Crippen molar-refractivity contribution in [3.05, 3.63) is 33.8 Å². The van der Waals surface area contributed by atoms with E-state index < -0.39 is 24.7 Å². The Balaban J connectivity index is 2.87. The van der Waals surface area contributed by atoms with Crippen molar-refractivity contribution in [3.63, 3.8) is 0 Å². The molecule has 0 saturated carbocycles. The van der Waals surface area contributed by atoms with Gasteiger partial charge in [0.25, 0.3) is 0 Å². The lowest BCUT2D eigenvalue weighted by atomic mass is 10.0. The molecule has 0 aliphatic rings. The maximum absolute atomic E-state index is 12.2. The van der Waals surface area contributed by atoms with Crippen molar-refractivity contribution in [3.8, 4) is 0 Å². The minimum absolute atomic E-state index is 0.0653. The van der Waals surface area contributed by atoms with Crippen LogP contribution >= 0.6 is 23.2 Å². The zero-order valence-electron chi connectivity index (χ0n) is 8.51. The van der Waals surface area contributed by atoms with Gasteiger partial charge in [0.1, 0.15) is 6.04 Å². The van der Waals surface area contributed by atoms with Gasteiger partial charge in [-0.1, -0.05) is 29.3 Å². The van der Waals surface area contributed by atoms with E-state index in [1.54, 1.807) is 0 Å². The van der Waals surface area contributed by atoms with Gasteiger partial charge in [0.2, 0.25) is 0 Å². The van der Waals surface area contributed by atoms with Crippen LogP contribution in [0.5, 0.6) is 0 Å². The summed E-state index contributed by atoms with van der Waals surface area (Å²) in [5.74, 6) is 0. The molecule has 7 heteroatoms. The maximum Gasteiger partial charge on any atom is 0.403 e. The highest BCUT2D eigenvalue weighted by Crippen LogP contribution is 2.34. The SMILES string of the molecule is N[C@@H](C[C@@H](O)c1c(Cl)cccc1Cl)C(F)(F)F. The first-order chi connectivity index (χ1) is 7.73. The Labute approximate surface area is 106 Å². The molecule has 0 bridgehead atoms. The summed E-state index contributed by atoms with van der Waals surface area (Å²) in [6.45, 7) is 0. The van der Waals surface area contributed by atoms with Gasteiger partial charge in [-0.3, -0.25) is 0 Å². The normalized spacial score (nSPS) is 15.7. The fraction of sp³-hybridized carbons (Fsp3) is 0.400. The van der Waals surface area contributed by atoms with Gasteiger partial charge >= 0.3 is 6.18 Å². The fourth-order valence-electron chi connectivity index (χ4n) is 1.32. The molecular weight excluding hydrogens is 278 g/mol. The van der Waals surface area contributed by atoms with E-state index >= 15 is 0 Å². The summed E-state index contributed by atoms with van der Waals surface area (Å²) in [5.41, 5.74) is 4.98. The quantitative estimate of drug-likeness (QED) is 0.896. The molecule has 0 aliphatic heterocycles. The van der Waals surface area contributed by atoms with E-state index in [0.29, 0.717) is 0 Å². The number of rotatable bonds is 3. The summed E-state index contributed by atoms with van der Waals surface area (Å²) in [5, 5.41) is 9.89. The van der Waals surface area contributed by atoms with Crippen LogP contribution < -0.4 is 5.73 Å². The Morgan fingerprint density at radius 3 is 2.12 bits per heavy atom. The lowest BCUT2D eigenvalue weighted by molar-refractivity contribution is -0.153. The smallest absolute Gasteiger partial charge is 0.388 e. The average Bonchev–Trinajstić information content (AvgIpc) is 2.15. The molecule has 2 nitrogen and oxygen atoms in total. The Bertz CT molecular complexity index is 377. The lowest BCUT2D eigenvalue weighted by Gasteiger charge is -2.20. The molecule has 1 aromatic carbocycles. The molecule has 1 aromatic rings. The number of hydrogen-bond acceptors (Lipinski definition) is 2. The van der Waals surface area contributed by atoms with Crippen molar-refractivity contribution >= 4 is 23.2 Å². The van der Waals surface area contributed by atoms with Gasteiger partial charge in [-0.15, -0.1) is 0 Å². The minimum atomic E-state index is -4.56. The van der Waals surface area contributed by atoms with E-state index in [-0.39, 0.29) is 15.6 Å². The number of aliphatic hydroxyl groups excluding tert-OH is 1. The number of hydrogen-bond donors (Lipinski definition) is 2. The van der Waals surface area contributed by atoms with Crippen LogP contribution in [0.15, 0.2) is 18.2 Å². The molecule has 0 aliphatic carbocycles. The Kier molecular flexibility index (Phi) is 4.66. The van der Waals surface area contributed by atoms with E-state index in [0.717, 1.165) is 0 Å². The first-order valence-corrected chi connectivity index (χ1v) is 5.43. The first kappa shape index (κ1) is 14.6. The molecule has 17 heavy (non-hydrogen) atoms. The fourth-order valence-corrected chi connectivity index (χ4v) is 1.97. The molecule has 0 heterocycles. The number of alkyl halides is 3. The van der Waals surface area contributed by atoms with Gasteiger partial charge < -0.3 is 10.8 Å². The van der Waals surface area contributed by atoms with E-state index in [9.17, 15) is 18.3 Å². The van der Waals surface area contributed by atoms with Crippen molar-refractivity contribution in [2.45, 2.75) is 24.7 Å².